The second-order valence-electron chi connectivity index (χ2n) is 6.07. The van der Waals surface area contributed by atoms with Crippen molar-refractivity contribution in [3.8, 4) is 12.3 Å². The maximum Gasteiger partial charge on any atom is 0.311 e. The third-order valence-electron chi connectivity index (χ3n) is 3.86. The van der Waals surface area contributed by atoms with Crippen LogP contribution in [-0.2, 0) is 9.53 Å². The van der Waals surface area contributed by atoms with Crippen LogP contribution in [-0.4, -0.2) is 5.97 Å². The van der Waals surface area contributed by atoms with E-state index < -0.39 is 6.10 Å². The van der Waals surface area contributed by atoms with Gasteiger partial charge >= 0.3 is 5.97 Å². The molecule has 3 unspecified atom stereocenters. The monoisotopic (exact) mass is 288 g/mol. The van der Waals surface area contributed by atoms with Crippen LogP contribution in [0.5, 0.6) is 0 Å². The van der Waals surface area contributed by atoms with E-state index in [1.165, 1.54) is 16.9 Å². The summed E-state index contributed by atoms with van der Waals surface area (Å²) >= 11 is 1.51. The summed E-state index contributed by atoms with van der Waals surface area (Å²) in [6, 6.07) is 3.80. The first-order chi connectivity index (χ1) is 9.37. The Morgan fingerprint density at radius 1 is 1.55 bits per heavy atom. The molecule has 2 nitrogen and oxygen atoms in total. The minimum atomic E-state index is -0.564. The van der Waals surface area contributed by atoms with Crippen molar-refractivity contribution in [2.75, 3.05) is 0 Å². The fraction of sp³-hybridized carbons (Fsp3) is 0.471. The molecule has 2 rings (SSSR count). The van der Waals surface area contributed by atoms with Gasteiger partial charge in [-0.25, -0.2) is 0 Å². The van der Waals surface area contributed by atoms with E-state index >= 15 is 0 Å². The summed E-state index contributed by atoms with van der Waals surface area (Å²) in [5, 5.41) is 1.93. The SMILES string of the molecule is C#CC(OC(=O)C1C(C=C(C)C)C1(C)C)c1cccs1. The van der Waals surface area contributed by atoms with Crippen molar-refractivity contribution in [2.45, 2.75) is 33.8 Å². The Morgan fingerprint density at radius 2 is 2.25 bits per heavy atom. The highest BCUT2D eigenvalue weighted by Gasteiger charge is 2.61. The Morgan fingerprint density at radius 3 is 2.75 bits per heavy atom. The average Bonchev–Trinajstić information content (AvgIpc) is 2.78. The zero-order chi connectivity index (χ0) is 14.9. The lowest BCUT2D eigenvalue weighted by Crippen LogP contribution is -2.13. The summed E-state index contributed by atoms with van der Waals surface area (Å²) in [6.45, 7) is 8.29. The van der Waals surface area contributed by atoms with E-state index in [1.807, 2.05) is 31.4 Å². The number of hydrogen-bond donors (Lipinski definition) is 0. The molecule has 1 heterocycles. The molecular weight excluding hydrogens is 268 g/mol. The topological polar surface area (TPSA) is 26.3 Å². The van der Waals surface area contributed by atoms with Crippen LogP contribution >= 0.6 is 11.3 Å². The van der Waals surface area contributed by atoms with Gasteiger partial charge in [-0.05, 0) is 36.6 Å². The molecule has 0 radical (unpaired) electrons. The number of esters is 1. The Balaban J connectivity index is 2.06. The van der Waals surface area contributed by atoms with Crippen LogP contribution in [0.2, 0.25) is 0 Å². The maximum absolute atomic E-state index is 12.3. The molecule has 3 atom stereocenters. The van der Waals surface area contributed by atoms with Gasteiger partial charge in [0.15, 0.2) is 6.10 Å². The van der Waals surface area contributed by atoms with Gasteiger partial charge in [0.25, 0.3) is 0 Å². The van der Waals surface area contributed by atoms with Crippen LogP contribution in [0, 0.1) is 29.6 Å². The van der Waals surface area contributed by atoms with Crippen molar-refractivity contribution in [3.05, 3.63) is 34.0 Å². The molecule has 0 aliphatic heterocycles. The van der Waals surface area contributed by atoms with E-state index in [9.17, 15) is 4.79 Å². The molecule has 0 aromatic carbocycles. The summed E-state index contributed by atoms with van der Waals surface area (Å²) in [4.78, 5) is 13.2. The van der Waals surface area contributed by atoms with Gasteiger partial charge < -0.3 is 4.74 Å². The third kappa shape index (κ3) is 2.81. The van der Waals surface area contributed by atoms with Crippen LogP contribution in [0.4, 0.5) is 0 Å². The molecule has 1 aromatic heterocycles. The number of carbonyl (C=O) groups is 1. The predicted octanol–water partition coefficient (Wildman–Crippen LogP) is 4.20. The molecule has 20 heavy (non-hydrogen) atoms. The fourth-order valence-electron chi connectivity index (χ4n) is 2.60. The number of allylic oxidation sites excluding steroid dienone is 2. The first kappa shape index (κ1) is 14.9. The van der Waals surface area contributed by atoms with E-state index in [0.717, 1.165) is 4.88 Å². The molecule has 0 spiro atoms. The van der Waals surface area contributed by atoms with Crippen LogP contribution < -0.4 is 0 Å². The summed E-state index contributed by atoms with van der Waals surface area (Å²) < 4.78 is 5.52. The summed E-state index contributed by atoms with van der Waals surface area (Å²) in [5.74, 6) is 2.53. The maximum atomic E-state index is 12.3. The zero-order valence-corrected chi connectivity index (χ0v) is 13.2. The molecule has 106 valence electrons. The van der Waals surface area contributed by atoms with E-state index in [-0.39, 0.29) is 23.2 Å². The molecular formula is C17H20O2S. The molecule has 0 bridgehead atoms. The lowest BCUT2D eigenvalue weighted by atomic mass is 10.1. The van der Waals surface area contributed by atoms with Gasteiger partial charge in [-0.1, -0.05) is 37.5 Å². The normalized spacial score (nSPS) is 24.4. The highest BCUT2D eigenvalue weighted by Crippen LogP contribution is 2.60. The summed E-state index contributed by atoms with van der Waals surface area (Å²) in [6.07, 6.45) is 7.07. The van der Waals surface area contributed by atoms with Crippen LogP contribution in [0.15, 0.2) is 29.2 Å². The molecule has 0 N–H and O–H groups in total. The number of terminal acetylenes is 1. The Kier molecular flexibility index (Phi) is 4.06. The molecule has 1 aliphatic rings. The number of ether oxygens (including phenoxy) is 1. The molecule has 0 amide bonds. The van der Waals surface area contributed by atoms with Gasteiger partial charge in [0, 0.05) is 0 Å². The largest absolute Gasteiger partial charge is 0.443 e. The quantitative estimate of drug-likeness (QED) is 0.471. The third-order valence-corrected chi connectivity index (χ3v) is 4.78. The lowest BCUT2D eigenvalue weighted by Gasteiger charge is -2.11. The predicted molar refractivity (Wildman–Crippen MR) is 82.2 cm³/mol. The molecule has 0 saturated heterocycles. The van der Waals surface area contributed by atoms with E-state index in [4.69, 9.17) is 11.2 Å². The van der Waals surface area contributed by atoms with E-state index in [1.54, 1.807) is 0 Å². The van der Waals surface area contributed by atoms with Gasteiger partial charge in [0.05, 0.1) is 10.8 Å². The molecule has 1 aliphatic carbocycles. The van der Waals surface area contributed by atoms with Gasteiger partial charge in [0.2, 0.25) is 0 Å². The van der Waals surface area contributed by atoms with Gasteiger partial charge in [-0.3, -0.25) is 4.79 Å². The van der Waals surface area contributed by atoms with Gasteiger partial charge in [-0.2, -0.15) is 0 Å². The molecule has 1 saturated carbocycles. The van der Waals surface area contributed by atoms with Gasteiger partial charge in [0.1, 0.15) is 0 Å². The van der Waals surface area contributed by atoms with Crippen LogP contribution in [0.3, 0.4) is 0 Å². The first-order valence-corrected chi connectivity index (χ1v) is 7.61. The van der Waals surface area contributed by atoms with Crippen LogP contribution in [0.25, 0.3) is 0 Å². The van der Waals surface area contributed by atoms with Crippen molar-refractivity contribution < 1.29 is 9.53 Å². The highest BCUT2D eigenvalue weighted by molar-refractivity contribution is 7.10. The Bertz CT molecular complexity index is 556. The van der Waals surface area contributed by atoms with Crippen molar-refractivity contribution >= 4 is 17.3 Å². The minimum Gasteiger partial charge on any atom is -0.443 e. The average molecular weight is 288 g/mol. The first-order valence-electron chi connectivity index (χ1n) is 6.73. The second kappa shape index (κ2) is 5.46. The number of hydrogen-bond acceptors (Lipinski definition) is 3. The summed E-state index contributed by atoms with van der Waals surface area (Å²) in [5.41, 5.74) is 1.19. The van der Waals surface area contributed by atoms with Crippen molar-refractivity contribution in [1.82, 2.24) is 0 Å². The standard InChI is InChI=1S/C17H20O2S/c1-6-13(14-8-7-9-20-14)19-16(18)15-12(10-11(2)3)17(15,4)5/h1,7-10,12-13,15H,2-5H3. The Labute approximate surface area is 124 Å². The number of carbonyl (C=O) groups excluding carboxylic acids is 1. The molecule has 3 heteroatoms. The zero-order valence-electron chi connectivity index (χ0n) is 12.3. The Hall–Kier alpha value is -1.53. The van der Waals surface area contributed by atoms with Crippen molar-refractivity contribution in [2.24, 2.45) is 17.3 Å². The molecule has 1 fully saturated rings. The second-order valence-corrected chi connectivity index (χ2v) is 7.05. The summed E-state index contributed by atoms with van der Waals surface area (Å²) in [7, 11) is 0. The van der Waals surface area contributed by atoms with Gasteiger partial charge in [-0.15, -0.1) is 17.8 Å². The molecule has 1 aromatic rings. The number of rotatable bonds is 4. The smallest absolute Gasteiger partial charge is 0.311 e. The fourth-order valence-corrected chi connectivity index (χ4v) is 3.31. The minimum absolute atomic E-state index is 0.0387. The van der Waals surface area contributed by atoms with Crippen LogP contribution in [0.1, 0.15) is 38.7 Å². The van der Waals surface area contributed by atoms with E-state index in [2.05, 4.69) is 25.8 Å². The van der Waals surface area contributed by atoms with Crippen molar-refractivity contribution in [3.63, 3.8) is 0 Å². The van der Waals surface area contributed by atoms with E-state index in [0.29, 0.717) is 0 Å². The van der Waals surface area contributed by atoms with Crippen molar-refractivity contribution in [1.29, 1.82) is 0 Å². The highest BCUT2D eigenvalue weighted by atomic mass is 32.1. The number of thiophene rings is 1. The lowest BCUT2D eigenvalue weighted by molar-refractivity contribution is -0.149.